The maximum atomic E-state index is 9.42. The van der Waals surface area contributed by atoms with Crippen LogP contribution in [0.3, 0.4) is 0 Å². The van der Waals surface area contributed by atoms with Crippen molar-refractivity contribution in [2.24, 2.45) is 0 Å². The Balaban J connectivity index is 2.12. The molecule has 0 saturated heterocycles. The highest BCUT2D eigenvalue weighted by molar-refractivity contribution is 5.86. The largest absolute Gasteiger partial charge is 0.497 e. The molecule has 0 radical (unpaired) electrons. The summed E-state index contributed by atoms with van der Waals surface area (Å²) in [5.41, 5.74) is 3.10. The quantitative estimate of drug-likeness (QED) is 0.718. The Bertz CT molecular complexity index is 701. The maximum Gasteiger partial charge on any atom is 0.189 e. The van der Waals surface area contributed by atoms with Gasteiger partial charge in [-0.3, -0.25) is 0 Å². The number of hydrogen-bond donors (Lipinski definition) is 2. The zero-order chi connectivity index (χ0) is 12.5. The Morgan fingerprint density at radius 2 is 1.83 bits per heavy atom. The van der Waals surface area contributed by atoms with Gasteiger partial charge in [-0.2, -0.15) is 0 Å². The molecule has 0 saturated carbocycles. The minimum absolute atomic E-state index is 0.188. The Labute approximate surface area is 105 Å². The molecule has 0 spiro atoms. The van der Waals surface area contributed by atoms with Gasteiger partial charge in [0.25, 0.3) is 0 Å². The summed E-state index contributed by atoms with van der Waals surface area (Å²) in [6, 6.07) is 15.7. The second-order valence-corrected chi connectivity index (χ2v) is 4.19. The Morgan fingerprint density at radius 3 is 2.67 bits per heavy atom. The van der Waals surface area contributed by atoms with Gasteiger partial charge >= 0.3 is 0 Å². The number of H-pyrrole nitrogens is 1. The molecule has 0 aliphatic rings. The first-order valence-electron chi connectivity index (χ1n) is 5.72. The first-order valence-corrected chi connectivity index (χ1v) is 5.72. The average molecular weight is 239 g/mol. The van der Waals surface area contributed by atoms with E-state index in [1.165, 1.54) is 0 Å². The summed E-state index contributed by atoms with van der Waals surface area (Å²) >= 11 is 0. The van der Waals surface area contributed by atoms with Gasteiger partial charge in [-0.05, 0) is 29.3 Å². The highest BCUT2D eigenvalue weighted by Gasteiger charge is 2.03. The molecule has 3 rings (SSSR count). The van der Waals surface area contributed by atoms with Gasteiger partial charge in [0.1, 0.15) is 5.75 Å². The van der Waals surface area contributed by atoms with Gasteiger partial charge < -0.3 is 14.8 Å². The molecule has 90 valence electrons. The number of aromatic hydroxyl groups is 1. The topological polar surface area (TPSA) is 45.2 Å². The molecule has 2 N–H and O–H groups in total. The Kier molecular flexibility index (Phi) is 2.45. The van der Waals surface area contributed by atoms with E-state index in [2.05, 4.69) is 4.98 Å². The minimum atomic E-state index is 0.188. The zero-order valence-corrected chi connectivity index (χ0v) is 9.97. The van der Waals surface area contributed by atoms with Crippen molar-refractivity contribution in [1.82, 2.24) is 4.98 Å². The van der Waals surface area contributed by atoms with E-state index in [4.69, 9.17) is 4.74 Å². The molecule has 2 aromatic carbocycles. The van der Waals surface area contributed by atoms with Gasteiger partial charge in [0.15, 0.2) is 5.88 Å². The van der Waals surface area contributed by atoms with E-state index in [9.17, 15) is 5.11 Å². The van der Waals surface area contributed by atoms with E-state index in [0.29, 0.717) is 0 Å². The summed E-state index contributed by atoms with van der Waals surface area (Å²) in [4.78, 5) is 2.92. The lowest BCUT2D eigenvalue weighted by molar-refractivity contribution is 0.415. The van der Waals surface area contributed by atoms with Gasteiger partial charge in [-0.1, -0.05) is 24.3 Å². The summed E-state index contributed by atoms with van der Waals surface area (Å²) in [7, 11) is 1.66. The predicted octanol–water partition coefficient (Wildman–Crippen LogP) is 3.55. The van der Waals surface area contributed by atoms with Crippen molar-refractivity contribution in [2.45, 2.75) is 0 Å². The van der Waals surface area contributed by atoms with Crippen LogP contribution in [-0.4, -0.2) is 17.2 Å². The van der Waals surface area contributed by atoms with Crippen molar-refractivity contribution < 1.29 is 9.84 Å². The number of benzene rings is 2. The lowest BCUT2D eigenvalue weighted by atomic mass is 10.0. The zero-order valence-electron chi connectivity index (χ0n) is 9.97. The van der Waals surface area contributed by atoms with Crippen LogP contribution in [-0.2, 0) is 0 Å². The second kappa shape index (κ2) is 4.11. The fourth-order valence-electron chi connectivity index (χ4n) is 2.09. The fraction of sp³-hybridized carbons (Fsp3) is 0.0667. The number of nitrogens with one attached hydrogen (secondary N) is 1. The van der Waals surface area contributed by atoms with E-state index in [1.807, 2.05) is 42.5 Å². The Hall–Kier alpha value is -2.42. The number of aromatic nitrogens is 1. The number of rotatable bonds is 2. The lowest BCUT2D eigenvalue weighted by Gasteiger charge is -2.04. The Morgan fingerprint density at radius 1 is 1.00 bits per heavy atom. The maximum absolute atomic E-state index is 9.42. The number of fused-ring (bicyclic) bond motifs is 1. The van der Waals surface area contributed by atoms with E-state index >= 15 is 0 Å². The number of aromatic amines is 1. The molecule has 0 fully saturated rings. The first kappa shape index (κ1) is 10.7. The van der Waals surface area contributed by atoms with E-state index < -0.39 is 0 Å². The number of ether oxygens (including phenoxy) is 1. The average Bonchev–Trinajstić information content (AvgIpc) is 2.77. The molecule has 3 heteroatoms. The molecule has 0 atom stereocenters. The molecule has 18 heavy (non-hydrogen) atoms. The molecule has 3 nitrogen and oxygen atoms in total. The smallest absolute Gasteiger partial charge is 0.189 e. The van der Waals surface area contributed by atoms with Crippen LogP contribution < -0.4 is 4.74 Å². The van der Waals surface area contributed by atoms with Crippen LogP contribution in [0.1, 0.15) is 0 Å². The van der Waals surface area contributed by atoms with E-state index in [0.717, 1.165) is 27.8 Å². The van der Waals surface area contributed by atoms with Crippen molar-refractivity contribution in [3.63, 3.8) is 0 Å². The summed E-state index contributed by atoms with van der Waals surface area (Å²) in [5.74, 6) is 1.02. The van der Waals surface area contributed by atoms with Crippen LogP contribution in [0.5, 0.6) is 11.6 Å². The van der Waals surface area contributed by atoms with Crippen LogP contribution in [0, 0.1) is 0 Å². The van der Waals surface area contributed by atoms with Gasteiger partial charge in [-0.25, -0.2) is 0 Å². The summed E-state index contributed by atoms with van der Waals surface area (Å²) in [5, 5.41) is 10.4. The number of methoxy groups -OCH3 is 1. The molecule has 0 unspecified atom stereocenters. The number of hydrogen-bond acceptors (Lipinski definition) is 2. The summed E-state index contributed by atoms with van der Waals surface area (Å²) in [6.45, 7) is 0. The highest BCUT2D eigenvalue weighted by Crippen LogP contribution is 2.28. The monoisotopic (exact) mass is 239 g/mol. The van der Waals surface area contributed by atoms with Crippen LogP contribution in [0.15, 0.2) is 48.5 Å². The van der Waals surface area contributed by atoms with Crippen molar-refractivity contribution in [3.8, 4) is 22.8 Å². The molecule has 0 amide bonds. The van der Waals surface area contributed by atoms with Crippen molar-refractivity contribution >= 4 is 10.9 Å². The first-order chi connectivity index (χ1) is 8.76. The molecule has 0 aliphatic carbocycles. The van der Waals surface area contributed by atoms with Crippen molar-refractivity contribution in [1.29, 1.82) is 0 Å². The molecule has 3 aromatic rings. The third kappa shape index (κ3) is 1.80. The van der Waals surface area contributed by atoms with Crippen molar-refractivity contribution in [2.75, 3.05) is 7.11 Å². The van der Waals surface area contributed by atoms with Gasteiger partial charge in [-0.15, -0.1) is 0 Å². The van der Waals surface area contributed by atoms with Gasteiger partial charge in [0.05, 0.1) is 7.11 Å². The van der Waals surface area contributed by atoms with Crippen LogP contribution in [0.2, 0.25) is 0 Å². The second-order valence-electron chi connectivity index (χ2n) is 4.19. The van der Waals surface area contributed by atoms with Gasteiger partial charge in [0, 0.05) is 17.0 Å². The molecule has 0 bridgehead atoms. The molecular formula is C15H13NO2. The third-order valence-corrected chi connectivity index (χ3v) is 3.01. The molecule has 1 heterocycles. The standard InChI is InChI=1S/C15H13NO2/c1-18-13-4-2-3-10(7-13)11-5-6-12-9-15(17)16-14(12)8-11/h2-9,16-17H,1H3. The van der Waals surface area contributed by atoms with Crippen LogP contribution in [0.4, 0.5) is 0 Å². The van der Waals surface area contributed by atoms with Crippen LogP contribution >= 0.6 is 0 Å². The minimum Gasteiger partial charge on any atom is -0.497 e. The third-order valence-electron chi connectivity index (χ3n) is 3.01. The van der Waals surface area contributed by atoms with Crippen molar-refractivity contribution in [3.05, 3.63) is 48.5 Å². The lowest BCUT2D eigenvalue weighted by Crippen LogP contribution is -1.83. The van der Waals surface area contributed by atoms with Crippen LogP contribution in [0.25, 0.3) is 22.0 Å². The highest BCUT2D eigenvalue weighted by atomic mass is 16.5. The molecule has 0 aliphatic heterocycles. The normalized spacial score (nSPS) is 10.7. The summed E-state index contributed by atoms with van der Waals surface area (Å²) < 4.78 is 5.22. The predicted molar refractivity (Wildman–Crippen MR) is 72.0 cm³/mol. The molecular weight excluding hydrogens is 226 g/mol. The molecule has 1 aromatic heterocycles. The van der Waals surface area contributed by atoms with Gasteiger partial charge in [0.2, 0.25) is 0 Å². The fourth-order valence-corrected chi connectivity index (χ4v) is 2.09. The summed E-state index contributed by atoms with van der Waals surface area (Å²) in [6.07, 6.45) is 0. The SMILES string of the molecule is COc1cccc(-c2ccc3cc(O)[nH]c3c2)c1. The van der Waals surface area contributed by atoms with E-state index in [1.54, 1.807) is 13.2 Å². The van der Waals surface area contributed by atoms with E-state index in [-0.39, 0.29) is 5.88 Å².